The average molecular weight is 310 g/mol. The molecular weight excluding hydrogens is 284 g/mol. The van der Waals surface area contributed by atoms with Crippen LogP contribution < -0.4 is 0 Å². The minimum absolute atomic E-state index is 0.0333. The lowest BCUT2D eigenvalue weighted by Crippen LogP contribution is -2.32. The van der Waals surface area contributed by atoms with Crippen molar-refractivity contribution in [3.05, 3.63) is 59.7 Å². The lowest BCUT2D eigenvalue weighted by atomic mass is 9.67. The van der Waals surface area contributed by atoms with Crippen molar-refractivity contribution in [1.82, 2.24) is 0 Å². The molecule has 0 saturated heterocycles. The fourth-order valence-corrected chi connectivity index (χ4v) is 3.70. The van der Waals surface area contributed by atoms with Gasteiger partial charge < -0.3 is 4.74 Å². The summed E-state index contributed by atoms with van der Waals surface area (Å²) in [5, 5.41) is 0. The van der Waals surface area contributed by atoms with Crippen LogP contribution in [0.3, 0.4) is 0 Å². The Labute approximate surface area is 139 Å². The molecule has 0 aliphatic heterocycles. The first-order valence-electron chi connectivity index (χ1n) is 8.55. The molecule has 1 aromatic carbocycles. The predicted molar refractivity (Wildman–Crippen MR) is 93.0 cm³/mol. The quantitative estimate of drug-likeness (QED) is 0.764. The number of esters is 1. The van der Waals surface area contributed by atoms with Crippen LogP contribution in [0.4, 0.5) is 0 Å². The lowest BCUT2D eigenvalue weighted by Gasteiger charge is -2.37. The Bertz CT molecular complexity index is 635. The van der Waals surface area contributed by atoms with Crippen molar-refractivity contribution >= 4 is 5.97 Å². The Morgan fingerprint density at radius 2 is 1.78 bits per heavy atom. The highest BCUT2D eigenvalue weighted by atomic mass is 16.5. The maximum absolute atomic E-state index is 12.1. The van der Waals surface area contributed by atoms with Gasteiger partial charge >= 0.3 is 5.97 Å². The van der Waals surface area contributed by atoms with E-state index in [1.165, 1.54) is 11.1 Å². The molecule has 2 aliphatic carbocycles. The normalized spacial score (nSPS) is 35.6. The molecule has 122 valence electrons. The van der Waals surface area contributed by atoms with E-state index in [1.54, 1.807) is 0 Å². The fourth-order valence-electron chi connectivity index (χ4n) is 3.70. The van der Waals surface area contributed by atoms with Gasteiger partial charge in [-0.3, -0.25) is 4.79 Å². The van der Waals surface area contributed by atoms with Gasteiger partial charge in [-0.1, -0.05) is 76.3 Å². The van der Waals surface area contributed by atoms with Crippen LogP contribution in [0.15, 0.2) is 54.1 Å². The Hall–Kier alpha value is -1.83. The Morgan fingerprint density at radius 3 is 2.39 bits per heavy atom. The van der Waals surface area contributed by atoms with Crippen LogP contribution in [-0.4, -0.2) is 12.6 Å². The molecule has 1 fully saturated rings. The summed E-state index contributed by atoms with van der Waals surface area (Å²) in [6.45, 7) is 9.12. The van der Waals surface area contributed by atoms with Gasteiger partial charge in [0.05, 0.1) is 5.92 Å². The van der Waals surface area contributed by atoms with E-state index in [0.29, 0.717) is 24.4 Å². The van der Waals surface area contributed by atoms with E-state index in [1.807, 2.05) is 6.07 Å². The smallest absolute Gasteiger partial charge is 0.309 e. The topological polar surface area (TPSA) is 26.3 Å². The van der Waals surface area contributed by atoms with Crippen molar-refractivity contribution in [2.24, 2.45) is 23.7 Å². The molecule has 23 heavy (non-hydrogen) atoms. The lowest BCUT2D eigenvalue weighted by molar-refractivity contribution is -0.145. The monoisotopic (exact) mass is 310 g/mol. The van der Waals surface area contributed by atoms with Crippen LogP contribution in [0.25, 0.3) is 0 Å². The number of allylic oxidation sites excluding steroid dienone is 3. The molecule has 0 aromatic heterocycles. The number of hydrogen-bond acceptors (Lipinski definition) is 2. The summed E-state index contributed by atoms with van der Waals surface area (Å²) in [5.74, 6) is 1.31. The molecular formula is C21H26O2. The first-order chi connectivity index (χ1) is 10.9. The van der Waals surface area contributed by atoms with E-state index in [2.05, 4.69) is 70.2 Å². The van der Waals surface area contributed by atoms with Crippen molar-refractivity contribution in [3.8, 4) is 0 Å². The van der Waals surface area contributed by atoms with E-state index in [-0.39, 0.29) is 17.3 Å². The second-order valence-corrected chi connectivity index (χ2v) is 7.32. The average Bonchev–Trinajstić information content (AvgIpc) is 3.16. The van der Waals surface area contributed by atoms with Crippen LogP contribution in [0.2, 0.25) is 0 Å². The molecule has 0 amide bonds. The molecule has 0 bridgehead atoms. The van der Waals surface area contributed by atoms with E-state index in [4.69, 9.17) is 4.74 Å². The Kier molecular flexibility index (Phi) is 4.18. The summed E-state index contributed by atoms with van der Waals surface area (Å²) in [7, 11) is 0. The number of benzene rings is 1. The van der Waals surface area contributed by atoms with Crippen LogP contribution in [0.5, 0.6) is 0 Å². The van der Waals surface area contributed by atoms with Gasteiger partial charge in [0, 0.05) is 5.41 Å². The highest BCUT2D eigenvalue weighted by molar-refractivity contribution is 5.76. The van der Waals surface area contributed by atoms with Crippen LogP contribution >= 0.6 is 0 Å². The number of ether oxygens (including phenoxy) is 1. The minimum atomic E-state index is -0.0576. The molecule has 4 atom stereocenters. The van der Waals surface area contributed by atoms with Crippen molar-refractivity contribution in [3.63, 3.8) is 0 Å². The SMILES string of the molecule is CC1C(C)C1C(=O)OCC1=CC=CC(C)(c2ccccc2)C1C. The van der Waals surface area contributed by atoms with E-state index < -0.39 is 0 Å². The Morgan fingerprint density at radius 1 is 1.13 bits per heavy atom. The van der Waals surface area contributed by atoms with Gasteiger partial charge in [-0.25, -0.2) is 0 Å². The van der Waals surface area contributed by atoms with Gasteiger partial charge in [0.15, 0.2) is 0 Å². The van der Waals surface area contributed by atoms with Crippen LogP contribution in [0.1, 0.15) is 33.3 Å². The molecule has 0 spiro atoms. The largest absolute Gasteiger partial charge is 0.461 e. The van der Waals surface area contributed by atoms with Crippen molar-refractivity contribution < 1.29 is 9.53 Å². The summed E-state index contributed by atoms with van der Waals surface area (Å²) >= 11 is 0. The minimum Gasteiger partial charge on any atom is -0.461 e. The highest BCUT2D eigenvalue weighted by Crippen LogP contribution is 2.46. The zero-order valence-corrected chi connectivity index (χ0v) is 14.5. The van der Waals surface area contributed by atoms with Gasteiger partial charge in [0.25, 0.3) is 0 Å². The molecule has 1 aromatic rings. The summed E-state index contributed by atoms with van der Waals surface area (Å²) in [6.07, 6.45) is 6.45. The number of rotatable bonds is 4. The molecule has 2 nitrogen and oxygen atoms in total. The van der Waals surface area contributed by atoms with Crippen molar-refractivity contribution in [2.75, 3.05) is 6.61 Å². The summed E-state index contributed by atoms with van der Waals surface area (Å²) < 4.78 is 5.60. The van der Waals surface area contributed by atoms with Crippen LogP contribution in [-0.2, 0) is 14.9 Å². The zero-order chi connectivity index (χ0) is 16.6. The molecule has 2 aliphatic rings. The highest BCUT2D eigenvalue weighted by Gasteiger charge is 2.49. The molecule has 0 heterocycles. The molecule has 2 heteroatoms. The van der Waals surface area contributed by atoms with Gasteiger partial charge in [-0.15, -0.1) is 0 Å². The molecule has 0 radical (unpaired) electrons. The molecule has 3 rings (SSSR count). The summed E-state index contributed by atoms with van der Waals surface area (Å²) in [5.41, 5.74) is 2.43. The Balaban J connectivity index is 1.68. The third-order valence-corrected chi connectivity index (χ3v) is 6.08. The van der Waals surface area contributed by atoms with Gasteiger partial charge in [-0.2, -0.15) is 0 Å². The summed E-state index contributed by atoms with van der Waals surface area (Å²) in [4.78, 5) is 12.1. The van der Waals surface area contributed by atoms with Gasteiger partial charge in [0.2, 0.25) is 0 Å². The van der Waals surface area contributed by atoms with Crippen molar-refractivity contribution in [2.45, 2.75) is 33.1 Å². The third kappa shape index (κ3) is 2.87. The van der Waals surface area contributed by atoms with Gasteiger partial charge in [-0.05, 0) is 28.9 Å². The van der Waals surface area contributed by atoms with Gasteiger partial charge in [0.1, 0.15) is 6.61 Å². The van der Waals surface area contributed by atoms with Crippen molar-refractivity contribution in [1.29, 1.82) is 0 Å². The second-order valence-electron chi connectivity index (χ2n) is 7.32. The predicted octanol–water partition coefficient (Wildman–Crippen LogP) is 4.52. The maximum atomic E-state index is 12.1. The van der Waals surface area contributed by atoms with E-state index in [0.717, 1.165) is 0 Å². The molecule has 0 N–H and O–H groups in total. The fraction of sp³-hybridized carbons (Fsp3) is 0.476. The maximum Gasteiger partial charge on any atom is 0.309 e. The second kappa shape index (κ2) is 5.99. The van der Waals surface area contributed by atoms with E-state index >= 15 is 0 Å². The molecule has 4 unspecified atom stereocenters. The number of carbonyl (C=O) groups excluding carboxylic acids is 1. The van der Waals surface area contributed by atoms with E-state index in [9.17, 15) is 4.79 Å². The first kappa shape index (κ1) is 16.0. The number of carbonyl (C=O) groups is 1. The number of hydrogen-bond donors (Lipinski definition) is 0. The first-order valence-corrected chi connectivity index (χ1v) is 8.55. The third-order valence-electron chi connectivity index (χ3n) is 6.08. The standard InChI is InChI=1S/C21H26O2/c1-14-15(2)19(14)20(22)23-13-17-9-8-12-21(4,16(17)3)18-10-6-5-7-11-18/h5-12,14-16,19H,13H2,1-4H3. The zero-order valence-electron chi connectivity index (χ0n) is 14.5. The van der Waals surface area contributed by atoms with Crippen LogP contribution in [0, 0.1) is 23.7 Å². The summed E-state index contributed by atoms with van der Waals surface area (Å²) in [6, 6.07) is 10.5. The molecule has 1 saturated carbocycles.